The van der Waals surface area contributed by atoms with Crippen molar-refractivity contribution in [1.29, 1.82) is 0 Å². The molecule has 1 aliphatic rings. The molecule has 2 N–H and O–H groups in total. The molecule has 1 aromatic heterocycles. The van der Waals surface area contributed by atoms with Crippen molar-refractivity contribution in [2.45, 2.75) is 45.7 Å². The van der Waals surface area contributed by atoms with Gasteiger partial charge in [0.05, 0.1) is 6.04 Å². The number of nitrogens with two attached hydrogens (primary N) is 1. The Balaban J connectivity index is 2.26. The van der Waals surface area contributed by atoms with E-state index in [1.807, 2.05) is 0 Å². The maximum Gasteiger partial charge on any atom is 0.150 e. The van der Waals surface area contributed by atoms with Crippen LogP contribution in [0.5, 0.6) is 0 Å². The zero-order chi connectivity index (χ0) is 10.3. The van der Waals surface area contributed by atoms with Gasteiger partial charge in [0.25, 0.3) is 0 Å². The largest absolute Gasteiger partial charge is 0.321 e. The highest BCUT2D eigenvalue weighted by Gasteiger charge is 2.32. The molecule has 0 bridgehead atoms. The van der Waals surface area contributed by atoms with Gasteiger partial charge in [0.1, 0.15) is 6.33 Å². The molecule has 78 valence electrons. The first-order valence-corrected chi connectivity index (χ1v) is 5.15. The van der Waals surface area contributed by atoms with Crippen LogP contribution in [0.4, 0.5) is 0 Å². The lowest BCUT2D eigenvalue weighted by Crippen LogP contribution is -2.29. The molecular formula is C10H18N4. The van der Waals surface area contributed by atoms with Crippen LogP contribution in [0.25, 0.3) is 0 Å². The van der Waals surface area contributed by atoms with E-state index in [1.165, 1.54) is 12.8 Å². The summed E-state index contributed by atoms with van der Waals surface area (Å²) in [7, 11) is 0. The minimum Gasteiger partial charge on any atom is -0.321 e. The molecule has 0 spiro atoms. The summed E-state index contributed by atoms with van der Waals surface area (Å²) in [6.07, 6.45) is 4.28. The summed E-state index contributed by atoms with van der Waals surface area (Å²) < 4.78 is 2.13. The molecule has 1 saturated carbocycles. The molecule has 4 heteroatoms. The number of nitrogens with zero attached hydrogens (tertiary/aromatic N) is 3. The van der Waals surface area contributed by atoms with Crippen LogP contribution in [-0.2, 0) is 0 Å². The highest BCUT2D eigenvalue weighted by atomic mass is 15.3. The van der Waals surface area contributed by atoms with Crippen LogP contribution in [0.1, 0.15) is 51.5 Å². The maximum absolute atomic E-state index is 6.16. The van der Waals surface area contributed by atoms with Gasteiger partial charge in [0, 0.05) is 6.04 Å². The lowest BCUT2D eigenvalue weighted by atomic mass is 9.87. The second-order valence-electron chi connectivity index (χ2n) is 5.17. The minimum absolute atomic E-state index is 0.0365. The van der Waals surface area contributed by atoms with Crippen molar-refractivity contribution in [3.8, 4) is 0 Å². The number of hydrogen-bond acceptors (Lipinski definition) is 3. The second kappa shape index (κ2) is 3.05. The molecule has 4 nitrogen and oxygen atoms in total. The number of hydrogen-bond donors (Lipinski definition) is 1. The van der Waals surface area contributed by atoms with Gasteiger partial charge in [-0.15, -0.1) is 10.2 Å². The first-order chi connectivity index (χ1) is 6.50. The van der Waals surface area contributed by atoms with E-state index < -0.39 is 0 Å². The smallest absolute Gasteiger partial charge is 0.150 e. The summed E-state index contributed by atoms with van der Waals surface area (Å²) in [6.45, 7) is 6.39. The quantitative estimate of drug-likeness (QED) is 0.779. The van der Waals surface area contributed by atoms with Crippen LogP contribution in [0.2, 0.25) is 0 Å². The Kier molecular flexibility index (Phi) is 2.10. The monoisotopic (exact) mass is 194 g/mol. The van der Waals surface area contributed by atoms with Crippen LogP contribution in [0, 0.1) is 5.41 Å². The van der Waals surface area contributed by atoms with Crippen molar-refractivity contribution in [1.82, 2.24) is 14.8 Å². The molecule has 1 aliphatic carbocycles. The Hall–Kier alpha value is -0.900. The predicted molar refractivity (Wildman–Crippen MR) is 54.7 cm³/mol. The third-order valence-corrected chi connectivity index (χ3v) is 2.75. The van der Waals surface area contributed by atoms with E-state index >= 15 is 0 Å². The molecule has 0 radical (unpaired) electrons. The van der Waals surface area contributed by atoms with Crippen molar-refractivity contribution in [2.24, 2.45) is 11.1 Å². The fourth-order valence-corrected chi connectivity index (χ4v) is 1.50. The van der Waals surface area contributed by atoms with E-state index in [0.717, 1.165) is 5.82 Å². The normalized spacial score (nSPS) is 19.7. The van der Waals surface area contributed by atoms with Crippen molar-refractivity contribution in [2.75, 3.05) is 0 Å². The average Bonchev–Trinajstić information content (AvgIpc) is 2.81. The van der Waals surface area contributed by atoms with E-state index in [2.05, 4.69) is 35.5 Å². The number of rotatable bonds is 2. The van der Waals surface area contributed by atoms with Crippen molar-refractivity contribution in [3.63, 3.8) is 0 Å². The fourth-order valence-electron chi connectivity index (χ4n) is 1.50. The molecule has 0 unspecified atom stereocenters. The van der Waals surface area contributed by atoms with Gasteiger partial charge in [-0.1, -0.05) is 20.8 Å². The van der Waals surface area contributed by atoms with Gasteiger partial charge >= 0.3 is 0 Å². The molecule has 2 rings (SSSR count). The summed E-state index contributed by atoms with van der Waals surface area (Å²) in [4.78, 5) is 0. The summed E-state index contributed by atoms with van der Waals surface area (Å²) in [5.41, 5.74) is 6.20. The summed E-state index contributed by atoms with van der Waals surface area (Å²) >= 11 is 0. The number of aromatic nitrogens is 3. The Morgan fingerprint density at radius 3 is 2.64 bits per heavy atom. The van der Waals surface area contributed by atoms with E-state index in [4.69, 9.17) is 5.73 Å². The Morgan fingerprint density at radius 1 is 1.50 bits per heavy atom. The third-order valence-electron chi connectivity index (χ3n) is 2.75. The molecule has 1 aromatic rings. The molecule has 1 heterocycles. The van der Waals surface area contributed by atoms with Gasteiger partial charge in [-0.3, -0.25) is 0 Å². The molecular weight excluding hydrogens is 176 g/mol. The molecule has 1 fully saturated rings. The Morgan fingerprint density at radius 2 is 2.14 bits per heavy atom. The van der Waals surface area contributed by atoms with Crippen LogP contribution in [-0.4, -0.2) is 14.8 Å². The van der Waals surface area contributed by atoms with Crippen molar-refractivity contribution < 1.29 is 0 Å². The van der Waals surface area contributed by atoms with Crippen LogP contribution in [0.3, 0.4) is 0 Å². The topological polar surface area (TPSA) is 56.7 Å². The van der Waals surface area contributed by atoms with Crippen molar-refractivity contribution in [3.05, 3.63) is 12.2 Å². The SMILES string of the molecule is CC(C)(C)[C@H](N)c1nncn1C1CC1. The van der Waals surface area contributed by atoms with E-state index in [0.29, 0.717) is 6.04 Å². The lowest BCUT2D eigenvalue weighted by molar-refractivity contribution is 0.307. The molecule has 1 atom stereocenters. The van der Waals surface area contributed by atoms with Crippen molar-refractivity contribution >= 4 is 0 Å². The van der Waals surface area contributed by atoms with E-state index in [1.54, 1.807) is 6.33 Å². The van der Waals surface area contributed by atoms with Gasteiger partial charge in [0.15, 0.2) is 5.82 Å². The summed E-state index contributed by atoms with van der Waals surface area (Å²) in [6, 6.07) is 0.569. The van der Waals surface area contributed by atoms with Crippen LogP contribution >= 0.6 is 0 Å². The maximum atomic E-state index is 6.16. The van der Waals surface area contributed by atoms with Gasteiger partial charge in [-0.05, 0) is 18.3 Å². The van der Waals surface area contributed by atoms with E-state index in [-0.39, 0.29) is 11.5 Å². The molecule has 0 aromatic carbocycles. The molecule has 14 heavy (non-hydrogen) atoms. The Labute approximate surface area is 84.5 Å². The average molecular weight is 194 g/mol. The predicted octanol–water partition coefficient (Wildman–Crippen LogP) is 1.66. The third kappa shape index (κ3) is 1.66. The fraction of sp³-hybridized carbons (Fsp3) is 0.800. The molecule has 0 amide bonds. The second-order valence-corrected chi connectivity index (χ2v) is 5.17. The highest BCUT2D eigenvalue weighted by molar-refractivity contribution is 5.03. The van der Waals surface area contributed by atoms with Gasteiger partial charge < -0.3 is 10.3 Å². The summed E-state index contributed by atoms with van der Waals surface area (Å²) in [5, 5.41) is 8.08. The van der Waals surface area contributed by atoms with Crippen LogP contribution in [0.15, 0.2) is 6.33 Å². The van der Waals surface area contributed by atoms with E-state index in [9.17, 15) is 0 Å². The Bertz CT molecular complexity index is 319. The van der Waals surface area contributed by atoms with Gasteiger partial charge in [-0.25, -0.2) is 0 Å². The van der Waals surface area contributed by atoms with Crippen LogP contribution < -0.4 is 5.73 Å². The zero-order valence-electron chi connectivity index (χ0n) is 9.07. The first kappa shape index (κ1) is 9.65. The van der Waals surface area contributed by atoms with Gasteiger partial charge in [-0.2, -0.15) is 0 Å². The highest BCUT2D eigenvalue weighted by Crippen LogP contribution is 2.38. The first-order valence-electron chi connectivity index (χ1n) is 5.15. The van der Waals surface area contributed by atoms with Gasteiger partial charge in [0.2, 0.25) is 0 Å². The zero-order valence-corrected chi connectivity index (χ0v) is 9.07. The lowest BCUT2D eigenvalue weighted by Gasteiger charge is -2.26. The standard InChI is InChI=1S/C10H18N4/c1-10(2,3)8(11)9-13-12-6-14(9)7-4-5-7/h6-8H,4-5,11H2,1-3H3/t8-/m1/s1. The summed E-state index contributed by atoms with van der Waals surface area (Å²) in [5.74, 6) is 0.931. The molecule has 0 aliphatic heterocycles. The minimum atomic E-state index is -0.0365. The molecule has 0 saturated heterocycles.